The van der Waals surface area contributed by atoms with Gasteiger partial charge in [0, 0.05) is 19.3 Å². The Morgan fingerprint density at radius 1 is 0.552 bits per heavy atom. The van der Waals surface area contributed by atoms with Crippen LogP contribution in [-0.4, -0.2) is 75.5 Å². The lowest BCUT2D eigenvalue weighted by Gasteiger charge is -2.34. The molecule has 0 aliphatic carbocycles. The van der Waals surface area contributed by atoms with Crippen molar-refractivity contribution < 1.29 is 38.2 Å². The number of esters is 2. The molecule has 0 N–H and O–H groups in total. The maximum atomic E-state index is 12.7. The molecule has 0 saturated heterocycles. The number of hydrogen-bond donors (Lipinski definition) is 0. The molecule has 2 atom stereocenters. The first-order valence-electron chi connectivity index (χ1n) is 22.3. The molecule has 58 heavy (non-hydrogen) atoms. The number of quaternary nitrogens is 1. The average molecular weight is 808 g/mol. The van der Waals surface area contributed by atoms with Gasteiger partial charge in [0.15, 0.2) is 6.10 Å². The largest absolute Gasteiger partial charge is 0.544 e. The fraction of sp³-hybridized carbons (Fsp3) is 0.620. The first kappa shape index (κ1) is 54.2. The van der Waals surface area contributed by atoms with Gasteiger partial charge in [0.05, 0.1) is 40.3 Å². The first-order chi connectivity index (χ1) is 28.1. The van der Waals surface area contributed by atoms with Gasteiger partial charge in [-0.25, -0.2) is 0 Å². The fourth-order valence-corrected chi connectivity index (χ4v) is 5.79. The molecule has 2 unspecified atom stereocenters. The van der Waals surface area contributed by atoms with Crippen LogP contribution in [0.15, 0.2) is 97.2 Å². The second kappa shape index (κ2) is 40.0. The fourth-order valence-electron chi connectivity index (χ4n) is 5.79. The van der Waals surface area contributed by atoms with Crippen LogP contribution in [0.5, 0.6) is 0 Å². The van der Waals surface area contributed by atoms with E-state index in [1.807, 2.05) is 12.2 Å². The molecule has 0 radical (unpaired) electrons. The number of allylic oxidation sites excluding steroid dienone is 16. The summed E-state index contributed by atoms with van der Waals surface area (Å²) in [5.74, 6) is -1.87. The van der Waals surface area contributed by atoms with Crippen LogP contribution in [-0.2, 0) is 28.6 Å². The van der Waals surface area contributed by atoms with E-state index in [1.54, 1.807) is 21.1 Å². The van der Waals surface area contributed by atoms with Crippen molar-refractivity contribution in [1.82, 2.24) is 0 Å². The van der Waals surface area contributed by atoms with Gasteiger partial charge in [0.25, 0.3) is 0 Å². The Balaban J connectivity index is 4.50. The van der Waals surface area contributed by atoms with Gasteiger partial charge in [-0.3, -0.25) is 9.59 Å². The van der Waals surface area contributed by atoms with Crippen LogP contribution in [0.4, 0.5) is 0 Å². The quantitative estimate of drug-likeness (QED) is 0.0201. The lowest BCUT2D eigenvalue weighted by atomic mass is 10.1. The van der Waals surface area contributed by atoms with Gasteiger partial charge in [-0.1, -0.05) is 150 Å². The van der Waals surface area contributed by atoms with E-state index >= 15 is 0 Å². The maximum Gasteiger partial charge on any atom is 0.306 e. The standard InChI is InChI=1S/C50H81NO7/c1-6-8-10-12-14-16-18-20-22-23-24-25-27-28-30-32-34-36-38-40-48(52)57-45-46(44-56-43-42-47(50(54)55)51(3,4)5)58-49(53)41-39-37-35-33-31-29-26-21-19-17-15-13-11-9-7-2/h8,10,14-17,19-22,24-25,28,30,34,36,46-47H,6-7,9,11-13,18,23,26-27,29,31-33,35,37-45H2,1-5H3/b10-8+,16-14+,17-15+,21-19+,22-20+,25-24+,30-28+,36-34+. The highest BCUT2D eigenvalue weighted by atomic mass is 16.6. The van der Waals surface area contributed by atoms with Crippen LogP contribution < -0.4 is 5.11 Å². The highest BCUT2D eigenvalue weighted by molar-refractivity contribution is 5.70. The number of carbonyl (C=O) groups excluding carboxylic acids is 3. The molecular formula is C50H81NO7. The molecule has 0 saturated carbocycles. The van der Waals surface area contributed by atoms with Crippen molar-refractivity contribution in [2.45, 2.75) is 161 Å². The van der Waals surface area contributed by atoms with Crippen molar-refractivity contribution in [2.75, 3.05) is 41.0 Å². The van der Waals surface area contributed by atoms with Gasteiger partial charge in [-0.2, -0.15) is 0 Å². The number of rotatable bonds is 38. The van der Waals surface area contributed by atoms with E-state index < -0.39 is 18.1 Å². The van der Waals surface area contributed by atoms with Crippen molar-refractivity contribution in [1.29, 1.82) is 0 Å². The Morgan fingerprint density at radius 2 is 1.05 bits per heavy atom. The molecule has 0 aliphatic rings. The summed E-state index contributed by atoms with van der Waals surface area (Å²) in [6.07, 6.45) is 53.0. The normalized spacial score (nSPS) is 13.9. The van der Waals surface area contributed by atoms with Gasteiger partial charge < -0.3 is 28.6 Å². The lowest BCUT2D eigenvalue weighted by Crippen LogP contribution is -2.55. The smallest absolute Gasteiger partial charge is 0.306 e. The van der Waals surface area contributed by atoms with Crippen molar-refractivity contribution in [3.05, 3.63) is 97.2 Å². The Morgan fingerprint density at radius 3 is 1.57 bits per heavy atom. The summed E-state index contributed by atoms with van der Waals surface area (Å²) >= 11 is 0. The summed E-state index contributed by atoms with van der Waals surface area (Å²) in [5, 5.41) is 11.6. The van der Waals surface area contributed by atoms with E-state index in [0.29, 0.717) is 6.42 Å². The molecule has 0 aromatic rings. The Labute approximate surface area is 354 Å². The maximum absolute atomic E-state index is 12.7. The third-order valence-corrected chi connectivity index (χ3v) is 9.25. The average Bonchev–Trinajstić information content (AvgIpc) is 3.18. The van der Waals surface area contributed by atoms with Crippen LogP contribution in [0.3, 0.4) is 0 Å². The highest BCUT2D eigenvalue weighted by Crippen LogP contribution is 2.12. The molecule has 0 amide bonds. The molecule has 0 bridgehead atoms. The second-order valence-electron chi connectivity index (χ2n) is 15.6. The number of carbonyl (C=O) groups is 3. The molecule has 328 valence electrons. The summed E-state index contributed by atoms with van der Waals surface area (Å²) in [4.78, 5) is 36.8. The predicted molar refractivity (Wildman–Crippen MR) is 240 cm³/mol. The number of aliphatic carboxylic acids is 1. The van der Waals surface area contributed by atoms with E-state index in [4.69, 9.17) is 14.2 Å². The topological polar surface area (TPSA) is 102 Å². The van der Waals surface area contributed by atoms with Gasteiger partial charge in [0.1, 0.15) is 12.6 Å². The van der Waals surface area contributed by atoms with Crippen LogP contribution in [0.2, 0.25) is 0 Å². The molecule has 8 nitrogen and oxygen atoms in total. The van der Waals surface area contributed by atoms with Gasteiger partial charge in [-0.05, 0) is 77.0 Å². The number of hydrogen-bond acceptors (Lipinski definition) is 7. The number of carboxylic acid groups (broad SMARTS) is 1. The highest BCUT2D eigenvalue weighted by Gasteiger charge is 2.25. The van der Waals surface area contributed by atoms with Gasteiger partial charge in [0.2, 0.25) is 0 Å². The minimum Gasteiger partial charge on any atom is -0.544 e. The number of likely N-dealkylation sites (N-methyl/N-ethyl adjacent to an activating group) is 1. The number of ether oxygens (including phenoxy) is 3. The molecule has 0 aliphatic heterocycles. The number of nitrogens with zero attached hydrogens (tertiary/aromatic N) is 1. The summed E-state index contributed by atoms with van der Waals surface area (Å²) < 4.78 is 17.1. The number of unbranched alkanes of at least 4 members (excludes halogenated alkanes) is 9. The van der Waals surface area contributed by atoms with E-state index in [1.165, 1.54) is 32.1 Å². The Kier molecular flexibility index (Phi) is 37.5. The van der Waals surface area contributed by atoms with Crippen LogP contribution in [0.25, 0.3) is 0 Å². The van der Waals surface area contributed by atoms with Crippen molar-refractivity contribution in [2.24, 2.45) is 0 Å². The second-order valence-corrected chi connectivity index (χ2v) is 15.6. The van der Waals surface area contributed by atoms with E-state index in [-0.39, 0.29) is 55.5 Å². The van der Waals surface area contributed by atoms with Crippen LogP contribution in [0.1, 0.15) is 149 Å². The Bertz CT molecular complexity index is 1260. The zero-order valence-electron chi connectivity index (χ0n) is 37.2. The van der Waals surface area contributed by atoms with Crippen molar-refractivity contribution in [3.8, 4) is 0 Å². The third kappa shape index (κ3) is 37.8. The van der Waals surface area contributed by atoms with Crippen molar-refractivity contribution in [3.63, 3.8) is 0 Å². The molecule has 0 fully saturated rings. The summed E-state index contributed by atoms with van der Waals surface area (Å²) in [6, 6.07) is -0.744. The summed E-state index contributed by atoms with van der Waals surface area (Å²) in [5.41, 5.74) is 0. The predicted octanol–water partition coefficient (Wildman–Crippen LogP) is 11.0. The lowest BCUT2D eigenvalue weighted by molar-refractivity contribution is -0.889. The molecule has 0 spiro atoms. The molecule has 0 rings (SSSR count). The van der Waals surface area contributed by atoms with Crippen LogP contribution >= 0.6 is 0 Å². The zero-order chi connectivity index (χ0) is 42.8. The van der Waals surface area contributed by atoms with Crippen molar-refractivity contribution >= 4 is 17.9 Å². The molecular weight excluding hydrogens is 727 g/mol. The monoisotopic (exact) mass is 808 g/mol. The van der Waals surface area contributed by atoms with Gasteiger partial charge in [-0.15, -0.1) is 0 Å². The molecule has 0 heterocycles. The minimum atomic E-state index is -1.14. The van der Waals surface area contributed by atoms with Crippen LogP contribution in [0, 0.1) is 0 Å². The molecule has 8 heteroatoms. The summed E-state index contributed by atoms with van der Waals surface area (Å²) in [7, 11) is 5.37. The van der Waals surface area contributed by atoms with E-state index in [2.05, 4.69) is 98.9 Å². The van der Waals surface area contributed by atoms with E-state index in [9.17, 15) is 19.5 Å². The molecule has 0 aromatic carbocycles. The Hall–Kier alpha value is -3.75. The SMILES string of the molecule is CC/C=C/C/C=C/C/C=C/C/C=C/C/C=C/C/C=C/CCC(=O)OCC(COCCC(C(=O)[O-])[N+](C)(C)C)OC(=O)CCCCCCCC/C=C/C=C/CCCCC. The van der Waals surface area contributed by atoms with Gasteiger partial charge >= 0.3 is 11.9 Å². The first-order valence-corrected chi connectivity index (χ1v) is 22.3. The molecule has 0 aromatic heterocycles. The minimum absolute atomic E-state index is 0.00613. The number of carboxylic acids is 1. The summed E-state index contributed by atoms with van der Waals surface area (Å²) in [6.45, 7) is 4.40. The van der Waals surface area contributed by atoms with E-state index in [0.717, 1.165) is 77.0 Å². The zero-order valence-corrected chi connectivity index (χ0v) is 37.2. The third-order valence-electron chi connectivity index (χ3n) is 9.25.